The molecular weight excluding hydrogens is 524 g/mol. The Morgan fingerprint density at radius 1 is 0.889 bits per heavy atom. The first-order chi connectivity index (χ1) is 16.3. The van der Waals surface area contributed by atoms with Gasteiger partial charge < -0.3 is 10.6 Å². The maximum absolute atomic E-state index is 13.6. The highest BCUT2D eigenvalue weighted by molar-refractivity contribution is 7.59. The quantitative estimate of drug-likeness (QED) is 0.425. The molecule has 1 aliphatic carbocycles. The summed E-state index contributed by atoms with van der Waals surface area (Å²) in [7, 11) is 0. The Kier molecular flexibility index (Phi) is 7.52. The predicted octanol–water partition coefficient (Wildman–Crippen LogP) is 5.22. The van der Waals surface area contributed by atoms with Crippen molar-refractivity contribution in [3.63, 3.8) is 0 Å². The van der Waals surface area contributed by atoms with Gasteiger partial charge in [0.2, 0.25) is 17.8 Å². The summed E-state index contributed by atoms with van der Waals surface area (Å²) in [6.07, 6.45) is -8.10. The van der Waals surface area contributed by atoms with Crippen LogP contribution in [0.3, 0.4) is 0 Å². The largest absolute Gasteiger partial charge is 0.434 e. The Labute approximate surface area is 204 Å². The van der Waals surface area contributed by atoms with Crippen molar-refractivity contribution in [1.29, 1.82) is 0 Å². The van der Waals surface area contributed by atoms with Gasteiger partial charge in [-0.05, 0) is 18.6 Å². The monoisotopic (exact) mass is 540 g/mol. The SMILES string of the molecule is FC1(F)CC[C@H](Nc2nc(Nc3ccnc(C(F)(F)F)c3)nc(-c3cncc(C(F)(F)F)n3)n2)C1.S. The molecule has 0 aromatic carbocycles. The van der Waals surface area contributed by atoms with Gasteiger partial charge >= 0.3 is 12.4 Å². The van der Waals surface area contributed by atoms with Crippen LogP contribution in [0.2, 0.25) is 0 Å². The number of nitrogens with one attached hydrogen (secondary N) is 2. The van der Waals surface area contributed by atoms with E-state index >= 15 is 0 Å². The summed E-state index contributed by atoms with van der Waals surface area (Å²) in [5, 5.41) is 5.16. The number of pyridine rings is 1. The van der Waals surface area contributed by atoms with E-state index in [0.717, 1.165) is 12.4 Å². The number of hydrogen-bond acceptors (Lipinski definition) is 8. The number of nitrogens with zero attached hydrogens (tertiary/aromatic N) is 6. The van der Waals surface area contributed by atoms with E-state index in [9.17, 15) is 35.1 Å². The molecule has 1 saturated carbocycles. The molecule has 194 valence electrons. The lowest BCUT2D eigenvalue weighted by molar-refractivity contribution is -0.142. The lowest BCUT2D eigenvalue weighted by Gasteiger charge is -2.15. The van der Waals surface area contributed by atoms with E-state index in [-0.39, 0.29) is 43.9 Å². The molecule has 17 heteroatoms. The molecule has 1 fully saturated rings. The number of rotatable bonds is 5. The molecule has 1 aliphatic rings. The van der Waals surface area contributed by atoms with Crippen molar-refractivity contribution in [1.82, 2.24) is 29.9 Å². The van der Waals surface area contributed by atoms with Gasteiger partial charge in [-0.1, -0.05) is 0 Å². The zero-order valence-corrected chi connectivity index (χ0v) is 18.8. The van der Waals surface area contributed by atoms with Crippen molar-refractivity contribution in [3.05, 3.63) is 42.1 Å². The summed E-state index contributed by atoms with van der Waals surface area (Å²) in [5.74, 6) is -3.99. The van der Waals surface area contributed by atoms with Gasteiger partial charge in [-0.2, -0.15) is 54.8 Å². The van der Waals surface area contributed by atoms with Crippen molar-refractivity contribution in [3.8, 4) is 11.5 Å². The van der Waals surface area contributed by atoms with Crippen LogP contribution in [-0.4, -0.2) is 41.9 Å². The van der Waals surface area contributed by atoms with Gasteiger partial charge in [0.25, 0.3) is 0 Å². The van der Waals surface area contributed by atoms with E-state index in [1.54, 1.807) is 0 Å². The smallest absolute Gasteiger partial charge is 0.351 e. The van der Waals surface area contributed by atoms with Crippen LogP contribution < -0.4 is 10.6 Å². The first kappa shape index (κ1) is 27.2. The Morgan fingerprint density at radius 2 is 1.58 bits per heavy atom. The van der Waals surface area contributed by atoms with Crippen molar-refractivity contribution < 1.29 is 35.1 Å². The van der Waals surface area contributed by atoms with E-state index in [4.69, 9.17) is 0 Å². The second-order valence-corrected chi connectivity index (χ2v) is 7.59. The summed E-state index contributed by atoms with van der Waals surface area (Å²) in [5.41, 5.74) is -3.11. The van der Waals surface area contributed by atoms with Crippen LogP contribution >= 0.6 is 13.5 Å². The molecule has 0 unspecified atom stereocenters. The van der Waals surface area contributed by atoms with E-state index in [0.29, 0.717) is 12.3 Å². The summed E-state index contributed by atoms with van der Waals surface area (Å²) < 4.78 is 105. The van der Waals surface area contributed by atoms with Gasteiger partial charge in [0.05, 0.1) is 12.4 Å². The zero-order valence-electron chi connectivity index (χ0n) is 17.8. The molecule has 3 aromatic heterocycles. The Hall–Kier alpha value is -3.37. The average Bonchev–Trinajstić information content (AvgIpc) is 3.10. The Balaban J connectivity index is 0.00000361. The topological polar surface area (TPSA) is 101 Å². The number of hydrogen-bond donors (Lipinski definition) is 2. The van der Waals surface area contributed by atoms with Crippen molar-refractivity contribution in [2.75, 3.05) is 10.6 Å². The maximum Gasteiger partial charge on any atom is 0.434 e. The lowest BCUT2D eigenvalue weighted by Crippen LogP contribution is -2.21. The van der Waals surface area contributed by atoms with Crippen molar-refractivity contribution in [2.24, 2.45) is 0 Å². The molecule has 1 atom stereocenters. The van der Waals surface area contributed by atoms with Crippen LogP contribution in [0.25, 0.3) is 11.5 Å². The minimum absolute atomic E-state index is 0. The van der Waals surface area contributed by atoms with Gasteiger partial charge in [0.1, 0.15) is 11.4 Å². The van der Waals surface area contributed by atoms with E-state index < -0.39 is 53.6 Å². The highest BCUT2D eigenvalue weighted by Gasteiger charge is 2.40. The molecule has 0 radical (unpaired) electrons. The third-order valence-corrected chi connectivity index (χ3v) is 4.83. The molecule has 4 rings (SSSR count). The summed E-state index contributed by atoms with van der Waals surface area (Å²) in [4.78, 5) is 22.0. The molecule has 0 aliphatic heterocycles. The molecule has 2 N–H and O–H groups in total. The van der Waals surface area contributed by atoms with Crippen LogP contribution in [0.15, 0.2) is 30.7 Å². The van der Waals surface area contributed by atoms with Crippen LogP contribution in [0.4, 0.5) is 52.7 Å². The summed E-state index contributed by atoms with van der Waals surface area (Å²) in [6, 6.07) is 1.09. The predicted molar refractivity (Wildman–Crippen MR) is 115 cm³/mol. The van der Waals surface area contributed by atoms with Crippen LogP contribution in [0.1, 0.15) is 30.7 Å². The van der Waals surface area contributed by atoms with Gasteiger partial charge in [-0.15, -0.1) is 0 Å². The van der Waals surface area contributed by atoms with Crippen LogP contribution in [-0.2, 0) is 12.4 Å². The number of alkyl halides is 8. The molecule has 0 bridgehead atoms. The highest BCUT2D eigenvalue weighted by Crippen LogP contribution is 2.36. The first-order valence-electron chi connectivity index (χ1n) is 9.89. The molecule has 3 heterocycles. The number of aromatic nitrogens is 6. The van der Waals surface area contributed by atoms with Crippen molar-refractivity contribution >= 4 is 31.1 Å². The van der Waals surface area contributed by atoms with Gasteiger partial charge in [0, 0.05) is 30.8 Å². The van der Waals surface area contributed by atoms with E-state index in [1.165, 1.54) is 6.07 Å². The lowest BCUT2D eigenvalue weighted by atomic mass is 10.2. The molecule has 3 aromatic rings. The second kappa shape index (κ2) is 9.94. The Morgan fingerprint density at radius 3 is 2.22 bits per heavy atom. The third-order valence-electron chi connectivity index (χ3n) is 4.83. The minimum atomic E-state index is -4.82. The fraction of sp³-hybridized carbons (Fsp3) is 0.368. The molecule has 8 nitrogen and oxygen atoms in total. The van der Waals surface area contributed by atoms with Crippen LogP contribution in [0.5, 0.6) is 0 Å². The Bertz CT molecular complexity index is 1220. The molecule has 36 heavy (non-hydrogen) atoms. The highest BCUT2D eigenvalue weighted by atomic mass is 32.1. The van der Waals surface area contributed by atoms with Crippen molar-refractivity contribution in [2.45, 2.75) is 43.6 Å². The zero-order chi connectivity index (χ0) is 25.4. The summed E-state index contributed by atoms with van der Waals surface area (Å²) in [6.45, 7) is 0. The third kappa shape index (κ3) is 6.64. The van der Waals surface area contributed by atoms with E-state index in [1.807, 2.05) is 0 Å². The van der Waals surface area contributed by atoms with Crippen LogP contribution in [0, 0.1) is 0 Å². The normalized spacial score (nSPS) is 17.4. The molecular formula is C19H16F8N8S. The fourth-order valence-corrected chi connectivity index (χ4v) is 3.27. The van der Waals surface area contributed by atoms with E-state index in [2.05, 4.69) is 40.5 Å². The first-order valence-corrected chi connectivity index (χ1v) is 9.89. The number of anilines is 3. The molecule has 0 saturated heterocycles. The maximum atomic E-state index is 13.6. The van der Waals surface area contributed by atoms with Gasteiger partial charge in [0.15, 0.2) is 11.5 Å². The average molecular weight is 540 g/mol. The number of halogens is 8. The standard InChI is InChI=1S/C19H14F8N8.H2S/c20-17(21)3-1-10(6-17)31-16-34-14(11-7-28-8-13(32-11)19(25,26)27)33-15(35-16)30-9-2-4-29-12(5-9)18(22,23)24;/h2,4-5,7-8,10H,1,3,6H2,(H2,29,30,31,33,34,35);1H2/t10-;/m0./s1. The minimum Gasteiger partial charge on any atom is -0.351 e. The molecule has 0 spiro atoms. The molecule has 0 amide bonds. The fourth-order valence-electron chi connectivity index (χ4n) is 3.27. The van der Waals surface area contributed by atoms with Gasteiger partial charge in [-0.3, -0.25) is 9.97 Å². The van der Waals surface area contributed by atoms with Gasteiger partial charge in [-0.25, -0.2) is 13.8 Å². The second-order valence-electron chi connectivity index (χ2n) is 7.59. The summed E-state index contributed by atoms with van der Waals surface area (Å²) >= 11 is 0.